The molecule has 0 saturated heterocycles. The van der Waals surface area contributed by atoms with Gasteiger partial charge in [0.2, 0.25) is 16.0 Å². The van der Waals surface area contributed by atoms with Crippen molar-refractivity contribution >= 4 is 40.0 Å². The van der Waals surface area contributed by atoms with E-state index in [1.807, 2.05) is 24.3 Å². The van der Waals surface area contributed by atoms with Gasteiger partial charge in [0, 0.05) is 30.6 Å². The number of aliphatic hydroxyl groups is 2. The van der Waals surface area contributed by atoms with E-state index < -0.39 is 48.5 Å². The topological polar surface area (TPSA) is 144 Å². The molecule has 0 aliphatic rings. The summed E-state index contributed by atoms with van der Waals surface area (Å²) in [6.45, 7) is 9.18. The molecule has 0 fully saturated rings. The Morgan fingerprint density at radius 1 is 1.08 bits per heavy atom. The number of ether oxygens (including phenoxy) is 1. The summed E-state index contributed by atoms with van der Waals surface area (Å²) < 4.78 is 37.2. The normalized spacial score (nSPS) is 13.9. The molecule has 39 heavy (non-hydrogen) atoms. The number of rotatable bonds is 13. The summed E-state index contributed by atoms with van der Waals surface area (Å²) in [5.74, 6) is 0.668. The van der Waals surface area contributed by atoms with E-state index in [1.54, 1.807) is 13.8 Å². The van der Waals surface area contributed by atoms with Gasteiger partial charge in [-0.25, -0.2) is 22.7 Å². The van der Waals surface area contributed by atoms with Crippen LogP contribution in [0.4, 0.5) is 5.95 Å². The van der Waals surface area contributed by atoms with E-state index in [0.717, 1.165) is 4.47 Å². The molecule has 0 aliphatic carbocycles. The maximum absolute atomic E-state index is 14.3. The van der Waals surface area contributed by atoms with Crippen LogP contribution in [0.3, 0.4) is 0 Å². The van der Waals surface area contributed by atoms with Gasteiger partial charge in [-0.15, -0.1) is 10.2 Å². The summed E-state index contributed by atoms with van der Waals surface area (Å²) in [5.41, 5.74) is 0.652. The number of nitrogens with zero attached hydrogens (tertiary/aromatic N) is 6. The zero-order valence-electron chi connectivity index (χ0n) is 23.1. The SMILES string of the molecule is COc1cnc(C(C)C(C)S(=O)(=O)N(CC[Si](C)(C)C)c2nnc(-c3ccccc3Br)n2C(CO)CO)nc1. The summed E-state index contributed by atoms with van der Waals surface area (Å²) in [5, 5.41) is 28.1. The molecule has 1 aromatic carbocycles. The summed E-state index contributed by atoms with van der Waals surface area (Å²) in [4.78, 5) is 8.62. The molecule has 2 atom stereocenters. The lowest BCUT2D eigenvalue weighted by molar-refractivity contribution is 0.156. The fourth-order valence-electron chi connectivity index (χ4n) is 3.95. The van der Waals surface area contributed by atoms with Crippen molar-refractivity contribution in [3.05, 3.63) is 47.0 Å². The zero-order valence-corrected chi connectivity index (χ0v) is 26.5. The second-order valence-electron chi connectivity index (χ2n) is 10.6. The minimum Gasteiger partial charge on any atom is -0.494 e. The van der Waals surface area contributed by atoms with E-state index in [1.165, 1.54) is 28.4 Å². The third kappa shape index (κ3) is 7.04. The summed E-state index contributed by atoms with van der Waals surface area (Å²) in [7, 11) is -4.24. The van der Waals surface area contributed by atoms with Crippen LogP contribution in [0.2, 0.25) is 25.7 Å². The average Bonchev–Trinajstić information content (AvgIpc) is 3.32. The molecule has 2 unspecified atom stereocenters. The quantitative estimate of drug-likeness (QED) is 0.267. The van der Waals surface area contributed by atoms with Crippen LogP contribution in [0.1, 0.15) is 31.6 Å². The highest BCUT2D eigenvalue weighted by molar-refractivity contribution is 9.10. The van der Waals surface area contributed by atoms with Crippen molar-refractivity contribution in [3.63, 3.8) is 0 Å². The molecule has 0 amide bonds. The number of methoxy groups -OCH3 is 1. The standard InChI is InChI=1S/C25H37BrN6O5SSi/c1-17(23-27-13-20(37-3)14-28-23)18(2)38(35,36)31(11-12-39(4,5)6)25-30-29-24(32(25)19(15-33)16-34)21-9-7-8-10-22(21)26/h7-10,13-14,17-19,33-34H,11-12,15-16H2,1-6H3. The Morgan fingerprint density at radius 2 is 1.69 bits per heavy atom. The van der Waals surface area contributed by atoms with Crippen molar-refractivity contribution < 1.29 is 23.4 Å². The number of anilines is 1. The lowest BCUT2D eigenvalue weighted by atomic mass is 10.1. The number of aromatic nitrogens is 5. The summed E-state index contributed by atoms with van der Waals surface area (Å²) >= 11 is 3.53. The van der Waals surface area contributed by atoms with Crippen LogP contribution in [0, 0.1) is 0 Å². The molecule has 2 N–H and O–H groups in total. The molecule has 3 aromatic rings. The van der Waals surface area contributed by atoms with Crippen molar-refractivity contribution in [2.75, 3.05) is 31.2 Å². The van der Waals surface area contributed by atoms with Gasteiger partial charge in [-0.3, -0.25) is 4.57 Å². The van der Waals surface area contributed by atoms with E-state index in [0.29, 0.717) is 29.0 Å². The van der Waals surface area contributed by atoms with Crippen molar-refractivity contribution in [1.82, 2.24) is 24.7 Å². The van der Waals surface area contributed by atoms with Gasteiger partial charge >= 0.3 is 0 Å². The van der Waals surface area contributed by atoms with Gasteiger partial charge in [0.05, 0.1) is 44.0 Å². The van der Waals surface area contributed by atoms with Crippen LogP contribution in [0.25, 0.3) is 11.4 Å². The first-order valence-corrected chi connectivity index (χ1v) is 18.6. The molecule has 14 heteroatoms. The van der Waals surface area contributed by atoms with Crippen molar-refractivity contribution in [3.8, 4) is 17.1 Å². The third-order valence-corrected chi connectivity index (χ3v) is 11.4. The molecule has 0 spiro atoms. The Hall–Kier alpha value is -2.39. The summed E-state index contributed by atoms with van der Waals surface area (Å²) in [6.07, 6.45) is 3.02. The number of benzene rings is 1. The Bertz CT molecular complexity index is 1350. The van der Waals surface area contributed by atoms with Crippen LogP contribution < -0.4 is 9.04 Å². The van der Waals surface area contributed by atoms with E-state index in [9.17, 15) is 18.6 Å². The first-order valence-electron chi connectivity index (χ1n) is 12.6. The van der Waals surface area contributed by atoms with Gasteiger partial charge in [-0.05, 0) is 19.0 Å². The van der Waals surface area contributed by atoms with E-state index in [2.05, 4.69) is 55.7 Å². The number of aliphatic hydroxyl groups excluding tert-OH is 2. The molecular weight excluding hydrogens is 604 g/mol. The van der Waals surface area contributed by atoms with Gasteiger partial charge < -0.3 is 14.9 Å². The molecule has 2 heterocycles. The Labute approximate surface area is 239 Å². The van der Waals surface area contributed by atoms with E-state index in [4.69, 9.17) is 4.74 Å². The highest BCUT2D eigenvalue weighted by Gasteiger charge is 2.39. The van der Waals surface area contributed by atoms with Crippen molar-refractivity contribution in [1.29, 1.82) is 0 Å². The number of hydrogen-bond donors (Lipinski definition) is 2. The molecule has 214 valence electrons. The van der Waals surface area contributed by atoms with Gasteiger partial charge in [0.1, 0.15) is 5.82 Å². The van der Waals surface area contributed by atoms with Crippen molar-refractivity contribution in [2.24, 2.45) is 0 Å². The second kappa shape index (κ2) is 12.9. The fourth-order valence-corrected chi connectivity index (χ4v) is 7.21. The minimum atomic E-state index is -4.05. The molecule has 0 bridgehead atoms. The number of hydrogen-bond acceptors (Lipinski definition) is 9. The molecule has 0 radical (unpaired) electrons. The molecule has 11 nitrogen and oxygen atoms in total. The van der Waals surface area contributed by atoms with Crippen LogP contribution in [-0.4, -0.2) is 83.6 Å². The van der Waals surface area contributed by atoms with E-state index in [-0.39, 0.29) is 12.5 Å². The molecular formula is C25H37BrN6O5SSi. The van der Waals surface area contributed by atoms with Gasteiger partial charge in [0.25, 0.3) is 0 Å². The lowest BCUT2D eigenvalue weighted by Crippen LogP contribution is -2.44. The van der Waals surface area contributed by atoms with Crippen LogP contribution in [-0.2, 0) is 10.0 Å². The van der Waals surface area contributed by atoms with Crippen LogP contribution in [0.15, 0.2) is 41.1 Å². The second-order valence-corrected chi connectivity index (χ2v) is 19.3. The highest BCUT2D eigenvalue weighted by atomic mass is 79.9. The van der Waals surface area contributed by atoms with Crippen LogP contribution >= 0.6 is 15.9 Å². The summed E-state index contributed by atoms with van der Waals surface area (Å²) in [6, 6.07) is 7.11. The number of sulfonamides is 1. The van der Waals surface area contributed by atoms with E-state index >= 15 is 0 Å². The van der Waals surface area contributed by atoms with Gasteiger partial charge in [-0.2, -0.15) is 0 Å². The largest absolute Gasteiger partial charge is 0.494 e. The number of halogens is 1. The lowest BCUT2D eigenvalue weighted by Gasteiger charge is -2.32. The van der Waals surface area contributed by atoms with Gasteiger partial charge in [0.15, 0.2) is 11.6 Å². The Kier molecular flexibility index (Phi) is 10.3. The average molecular weight is 642 g/mol. The minimum absolute atomic E-state index is 0.0433. The molecule has 3 rings (SSSR count). The Balaban J connectivity index is 2.16. The maximum Gasteiger partial charge on any atom is 0.241 e. The van der Waals surface area contributed by atoms with Gasteiger partial charge in [-0.1, -0.05) is 60.7 Å². The smallest absolute Gasteiger partial charge is 0.241 e. The molecule has 0 aliphatic heterocycles. The first kappa shape index (κ1) is 31.1. The molecule has 2 aromatic heterocycles. The Morgan fingerprint density at radius 3 is 2.23 bits per heavy atom. The van der Waals surface area contributed by atoms with Crippen molar-refractivity contribution in [2.45, 2.75) is 56.7 Å². The highest BCUT2D eigenvalue weighted by Crippen LogP contribution is 2.35. The molecule has 0 saturated carbocycles. The first-order chi connectivity index (χ1) is 18.3. The predicted molar refractivity (Wildman–Crippen MR) is 157 cm³/mol. The third-order valence-electron chi connectivity index (χ3n) is 6.64. The zero-order chi connectivity index (χ0) is 29.0. The predicted octanol–water partition coefficient (Wildman–Crippen LogP) is 3.70. The fraction of sp³-hybridized carbons (Fsp3) is 0.520. The van der Waals surface area contributed by atoms with Crippen LogP contribution in [0.5, 0.6) is 5.75 Å². The monoisotopic (exact) mass is 640 g/mol. The maximum atomic E-state index is 14.3.